The molecule has 3 aromatic carbocycles. The van der Waals surface area contributed by atoms with Crippen molar-refractivity contribution < 1.29 is 39.9 Å². The van der Waals surface area contributed by atoms with Gasteiger partial charge in [0.05, 0.1) is 0 Å². The molecule has 0 heterocycles. The zero-order chi connectivity index (χ0) is 25.8. The molecule has 0 bridgehead atoms. The van der Waals surface area contributed by atoms with Gasteiger partial charge in [0.1, 0.15) is 5.82 Å². The smallest absolute Gasteiger partial charge is 0.427 e. The van der Waals surface area contributed by atoms with Crippen molar-refractivity contribution in [2.45, 2.75) is 51.1 Å². The molecular formula is C26H22F8O. The molecule has 1 atom stereocenters. The monoisotopic (exact) mass is 502 g/mol. The Bertz CT molecular complexity index is 1140. The van der Waals surface area contributed by atoms with Crippen molar-refractivity contribution in [1.29, 1.82) is 0 Å². The summed E-state index contributed by atoms with van der Waals surface area (Å²) in [5.41, 5.74) is 3.33. The van der Waals surface area contributed by atoms with Crippen LogP contribution < -0.4 is 4.74 Å². The Labute approximate surface area is 197 Å². The van der Waals surface area contributed by atoms with E-state index in [4.69, 9.17) is 0 Å². The molecular weight excluding hydrogens is 480 g/mol. The van der Waals surface area contributed by atoms with Gasteiger partial charge in [0.15, 0.2) is 11.6 Å². The molecule has 0 N–H and O–H groups in total. The molecule has 35 heavy (non-hydrogen) atoms. The van der Waals surface area contributed by atoms with Crippen LogP contribution in [-0.2, 0) is 19.3 Å². The van der Waals surface area contributed by atoms with Gasteiger partial charge < -0.3 is 4.74 Å². The van der Waals surface area contributed by atoms with Crippen molar-refractivity contribution >= 4 is 0 Å². The van der Waals surface area contributed by atoms with Gasteiger partial charge in [-0.05, 0) is 65.3 Å². The molecule has 1 unspecified atom stereocenters. The lowest BCUT2D eigenvalue weighted by Crippen LogP contribution is -2.45. The molecule has 0 spiro atoms. The second-order valence-electron chi connectivity index (χ2n) is 8.09. The minimum Gasteiger partial charge on any atom is -0.427 e. The van der Waals surface area contributed by atoms with Crippen LogP contribution in [0.5, 0.6) is 5.75 Å². The molecule has 0 aromatic heterocycles. The molecule has 188 valence electrons. The highest BCUT2D eigenvalue weighted by atomic mass is 19.4. The van der Waals surface area contributed by atoms with Crippen molar-refractivity contribution in [1.82, 2.24) is 0 Å². The molecule has 1 nitrogen and oxygen atoms in total. The molecule has 9 heteroatoms. The average molecular weight is 502 g/mol. The highest BCUT2D eigenvalue weighted by Gasteiger charge is 2.59. The van der Waals surface area contributed by atoms with Gasteiger partial charge >= 0.3 is 12.3 Å². The van der Waals surface area contributed by atoms with E-state index < -0.39 is 35.8 Å². The second kappa shape index (κ2) is 10.7. The summed E-state index contributed by atoms with van der Waals surface area (Å²) in [4.78, 5) is 0. The summed E-state index contributed by atoms with van der Waals surface area (Å²) in [6.45, 7) is 2.08. The first-order valence-corrected chi connectivity index (χ1v) is 10.8. The number of aryl methyl sites for hydroxylation is 3. The zero-order valence-electron chi connectivity index (χ0n) is 18.6. The van der Waals surface area contributed by atoms with Crippen molar-refractivity contribution in [3.8, 4) is 16.9 Å². The van der Waals surface area contributed by atoms with Gasteiger partial charge in [0.2, 0.25) is 0 Å². The predicted octanol–water partition coefficient (Wildman–Crippen LogP) is 8.24. The van der Waals surface area contributed by atoms with Crippen LogP contribution in [0.4, 0.5) is 35.1 Å². The maximum atomic E-state index is 14.6. The number of rotatable bonds is 9. The van der Waals surface area contributed by atoms with Crippen LogP contribution in [0.1, 0.15) is 30.0 Å². The van der Waals surface area contributed by atoms with E-state index in [1.807, 2.05) is 24.3 Å². The van der Waals surface area contributed by atoms with Crippen molar-refractivity contribution in [2.75, 3.05) is 0 Å². The van der Waals surface area contributed by atoms with E-state index in [0.29, 0.717) is 17.2 Å². The number of halogens is 8. The molecule has 0 aliphatic heterocycles. The van der Waals surface area contributed by atoms with Gasteiger partial charge in [0, 0.05) is 0 Å². The Morgan fingerprint density at radius 1 is 0.714 bits per heavy atom. The fourth-order valence-electron chi connectivity index (χ4n) is 3.53. The third kappa shape index (κ3) is 6.74. The van der Waals surface area contributed by atoms with Gasteiger partial charge in [-0.1, -0.05) is 55.8 Å². The average Bonchev–Trinajstić information content (AvgIpc) is 2.79. The first-order chi connectivity index (χ1) is 16.4. The van der Waals surface area contributed by atoms with Crippen LogP contribution >= 0.6 is 0 Å². The first-order valence-electron chi connectivity index (χ1n) is 10.8. The molecule has 0 aliphatic carbocycles. The minimum absolute atomic E-state index is 0.115. The molecule has 0 radical (unpaired) electrons. The van der Waals surface area contributed by atoms with Gasteiger partial charge in [-0.15, -0.1) is 0 Å². The fraction of sp³-hybridized carbons (Fsp3) is 0.308. The van der Waals surface area contributed by atoms with Crippen LogP contribution in [0.3, 0.4) is 0 Å². The van der Waals surface area contributed by atoms with Crippen LogP contribution in [0.2, 0.25) is 0 Å². The van der Waals surface area contributed by atoms with Crippen molar-refractivity contribution in [2.24, 2.45) is 0 Å². The Morgan fingerprint density at radius 2 is 1.34 bits per heavy atom. The van der Waals surface area contributed by atoms with Crippen molar-refractivity contribution in [3.05, 3.63) is 89.0 Å². The lowest BCUT2D eigenvalue weighted by molar-refractivity contribution is -0.305. The number of hydrogen-bond donors (Lipinski definition) is 0. The normalized spacial score (nSPS) is 13.1. The Morgan fingerprint density at radius 3 is 1.91 bits per heavy atom. The van der Waals surface area contributed by atoms with E-state index in [0.717, 1.165) is 30.5 Å². The minimum atomic E-state index is -5.88. The summed E-state index contributed by atoms with van der Waals surface area (Å²) in [7, 11) is 0. The summed E-state index contributed by atoms with van der Waals surface area (Å²) >= 11 is 0. The van der Waals surface area contributed by atoms with E-state index in [2.05, 4.69) is 11.7 Å². The molecule has 0 amide bonds. The molecule has 0 aliphatic rings. The topological polar surface area (TPSA) is 9.23 Å². The summed E-state index contributed by atoms with van der Waals surface area (Å²) < 4.78 is 109. The zero-order valence-corrected chi connectivity index (χ0v) is 18.6. The SMILES string of the molecule is CCCc1ccc(-c2ccc(CCc3ccc(OC(F)(F)C(F)C(F)(F)F)c(F)c3)c(F)c2)cc1. The summed E-state index contributed by atoms with van der Waals surface area (Å²) in [6, 6.07) is 15.1. The first kappa shape index (κ1) is 26.5. The van der Waals surface area contributed by atoms with Gasteiger partial charge in [-0.25, -0.2) is 13.2 Å². The third-order valence-corrected chi connectivity index (χ3v) is 5.39. The fourth-order valence-corrected chi connectivity index (χ4v) is 3.53. The van der Waals surface area contributed by atoms with Crippen LogP contribution in [0.15, 0.2) is 60.7 Å². The third-order valence-electron chi connectivity index (χ3n) is 5.39. The summed E-state index contributed by atoms with van der Waals surface area (Å²) in [5, 5.41) is 0. The van der Waals surface area contributed by atoms with Crippen molar-refractivity contribution in [3.63, 3.8) is 0 Å². The maximum Gasteiger partial charge on any atom is 0.439 e. The van der Waals surface area contributed by atoms with E-state index in [1.165, 1.54) is 11.6 Å². The van der Waals surface area contributed by atoms with E-state index in [9.17, 15) is 35.1 Å². The number of benzene rings is 3. The van der Waals surface area contributed by atoms with Crippen LogP contribution in [-0.4, -0.2) is 18.5 Å². The van der Waals surface area contributed by atoms with Crippen LogP contribution in [0, 0.1) is 11.6 Å². The lowest BCUT2D eigenvalue weighted by atomic mass is 9.98. The van der Waals surface area contributed by atoms with E-state index >= 15 is 0 Å². The van der Waals surface area contributed by atoms with E-state index in [-0.39, 0.29) is 18.4 Å². The molecule has 0 saturated carbocycles. The second-order valence-corrected chi connectivity index (χ2v) is 8.09. The molecule has 0 saturated heterocycles. The van der Waals surface area contributed by atoms with Gasteiger partial charge in [-0.3, -0.25) is 0 Å². The quantitative estimate of drug-likeness (QED) is 0.268. The molecule has 3 rings (SSSR count). The number of ether oxygens (including phenoxy) is 1. The number of alkyl halides is 6. The number of hydrogen-bond acceptors (Lipinski definition) is 1. The van der Waals surface area contributed by atoms with Gasteiger partial charge in [-0.2, -0.15) is 22.0 Å². The summed E-state index contributed by atoms with van der Waals surface area (Å²) in [6.07, 6.45) is -13.6. The molecule has 3 aromatic rings. The highest BCUT2D eigenvalue weighted by Crippen LogP contribution is 2.37. The standard InChI is InChI=1S/C26H22F8O/c1-2-3-16-4-8-18(9-5-16)20-12-11-19(21(27)15-20)10-6-17-7-13-23(22(28)14-17)35-26(33,34)24(29)25(30,31)32/h4-5,7-9,11-15,24H,2-3,6,10H2,1H3. The Balaban J connectivity index is 1.66. The Hall–Kier alpha value is -3.10. The van der Waals surface area contributed by atoms with Gasteiger partial charge in [0.25, 0.3) is 6.17 Å². The molecule has 0 fully saturated rings. The van der Waals surface area contributed by atoms with Crippen LogP contribution in [0.25, 0.3) is 11.1 Å². The Kier molecular flexibility index (Phi) is 8.07. The largest absolute Gasteiger partial charge is 0.439 e. The lowest BCUT2D eigenvalue weighted by Gasteiger charge is -2.23. The van der Waals surface area contributed by atoms with E-state index in [1.54, 1.807) is 12.1 Å². The highest BCUT2D eigenvalue weighted by molar-refractivity contribution is 5.64. The predicted molar refractivity (Wildman–Crippen MR) is 116 cm³/mol. The maximum absolute atomic E-state index is 14.6. The summed E-state index contributed by atoms with van der Waals surface area (Å²) in [5.74, 6) is -3.09.